The average molecular weight is 362 g/mol. The standard InChI is InChI=1S/C18H22N2O6/c1-10(16(23)19-17(24)20-18(2,3)4)26-15(22)7-11-9-25-14-8-12(21)5-6-13(11)14/h5-6,8-10,21H,7H2,1-4H3,(H2,19,20,23,24)/t10-/m1/s1. The Morgan fingerprint density at radius 2 is 1.96 bits per heavy atom. The lowest BCUT2D eigenvalue weighted by atomic mass is 10.1. The molecule has 26 heavy (non-hydrogen) atoms. The van der Waals surface area contributed by atoms with Crippen LogP contribution in [0.1, 0.15) is 33.3 Å². The zero-order valence-corrected chi connectivity index (χ0v) is 15.1. The van der Waals surface area contributed by atoms with Gasteiger partial charge in [-0.15, -0.1) is 0 Å². The molecule has 0 saturated carbocycles. The predicted octanol–water partition coefficient (Wildman–Crippen LogP) is 2.24. The first-order valence-corrected chi connectivity index (χ1v) is 8.07. The highest BCUT2D eigenvalue weighted by Gasteiger charge is 2.22. The number of rotatable bonds is 4. The van der Waals surface area contributed by atoms with E-state index in [0.29, 0.717) is 16.5 Å². The van der Waals surface area contributed by atoms with Crippen molar-refractivity contribution in [3.8, 4) is 5.75 Å². The van der Waals surface area contributed by atoms with E-state index in [1.807, 2.05) is 0 Å². The summed E-state index contributed by atoms with van der Waals surface area (Å²) in [6.45, 7) is 6.70. The number of urea groups is 1. The Bertz CT molecular complexity index is 834. The first-order chi connectivity index (χ1) is 12.0. The summed E-state index contributed by atoms with van der Waals surface area (Å²) in [5, 5.41) is 14.8. The van der Waals surface area contributed by atoms with Gasteiger partial charge in [-0.3, -0.25) is 14.9 Å². The smallest absolute Gasteiger partial charge is 0.321 e. The van der Waals surface area contributed by atoms with E-state index in [-0.39, 0.29) is 12.2 Å². The molecule has 0 aliphatic carbocycles. The second-order valence-corrected chi connectivity index (χ2v) is 6.94. The summed E-state index contributed by atoms with van der Waals surface area (Å²) in [5.41, 5.74) is 0.515. The minimum absolute atomic E-state index is 0.0554. The maximum Gasteiger partial charge on any atom is 0.321 e. The van der Waals surface area contributed by atoms with Crippen LogP contribution in [0.5, 0.6) is 5.75 Å². The molecule has 140 valence electrons. The topological polar surface area (TPSA) is 118 Å². The van der Waals surface area contributed by atoms with Gasteiger partial charge < -0.3 is 19.6 Å². The molecule has 8 nitrogen and oxygen atoms in total. The van der Waals surface area contributed by atoms with Crippen LogP contribution in [0.3, 0.4) is 0 Å². The van der Waals surface area contributed by atoms with E-state index in [2.05, 4.69) is 10.6 Å². The second kappa shape index (κ2) is 7.47. The molecule has 3 amide bonds. The summed E-state index contributed by atoms with van der Waals surface area (Å²) >= 11 is 0. The lowest BCUT2D eigenvalue weighted by Crippen LogP contribution is -2.50. The van der Waals surface area contributed by atoms with Gasteiger partial charge in [0.1, 0.15) is 11.3 Å². The fourth-order valence-electron chi connectivity index (χ4n) is 2.24. The van der Waals surface area contributed by atoms with Crippen molar-refractivity contribution in [1.82, 2.24) is 10.6 Å². The van der Waals surface area contributed by atoms with Gasteiger partial charge in [0.15, 0.2) is 6.10 Å². The zero-order chi connectivity index (χ0) is 19.5. The molecule has 2 rings (SSSR count). The normalized spacial score (nSPS) is 12.5. The second-order valence-electron chi connectivity index (χ2n) is 6.94. The maximum absolute atomic E-state index is 12.1. The van der Waals surface area contributed by atoms with Crippen LogP contribution in [0.2, 0.25) is 0 Å². The molecule has 1 atom stereocenters. The van der Waals surface area contributed by atoms with Crippen molar-refractivity contribution in [3.63, 3.8) is 0 Å². The summed E-state index contributed by atoms with van der Waals surface area (Å²) in [7, 11) is 0. The van der Waals surface area contributed by atoms with Crippen LogP contribution in [0.15, 0.2) is 28.9 Å². The van der Waals surface area contributed by atoms with Crippen molar-refractivity contribution in [2.45, 2.75) is 45.8 Å². The van der Waals surface area contributed by atoms with E-state index in [4.69, 9.17) is 9.15 Å². The van der Waals surface area contributed by atoms with Crippen LogP contribution < -0.4 is 10.6 Å². The molecule has 0 spiro atoms. The molecule has 0 fully saturated rings. The van der Waals surface area contributed by atoms with Crippen LogP contribution in [0, 0.1) is 0 Å². The van der Waals surface area contributed by atoms with Gasteiger partial charge in [-0.1, -0.05) is 0 Å². The lowest BCUT2D eigenvalue weighted by Gasteiger charge is -2.21. The minimum Gasteiger partial charge on any atom is -0.508 e. The number of phenols is 1. The molecule has 0 aliphatic rings. The number of carbonyl (C=O) groups excluding carboxylic acids is 3. The molecule has 1 heterocycles. The number of hydrogen-bond acceptors (Lipinski definition) is 6. The molecule has 8 heteroatoms. The Kier molecular flexibility index (Phi) is 5.54. The van der Waals surface area contributed by atoms with Crippen molar-refractivity contribution in [1.29, 1.82) is 0 Å². The number of furan rings is 1. The molecule has 0 bridgehead atoms. The van der Waals surface area contributed by atoms with Crippen LogP contribution >= 0.6 is 0 Å². The van der Waals surface area contributed by atoms with Gasteiger partial charge in [0.25, 0.3) is 5.91 Å². The van der Waals surface area contributed by atoms with Crippen LogP contribution in [-0.2, 0) is 20.7 Å². The van der Waals surface area contributed by atoms with Gasteiger partial charge in [-0.2, -0.15) is 0 Å². The molecule has 1 aromatic carbocycles. The highest BCUT2D eigenvalue weighted by molar-refractivity contribution is 5.97. The SMILES string of the molecule is C[C@@H](OC(=O)Cc1coc2cc(O)ccc12)C(=O)NC(=O)NC(C)(C)C. The molecule has 0 unspecified atom stereocenters. The maximum atomic E-state index is 12.1. The summed E-state index contributed by atoms with van der Waals surface area (Å²) < 4.78 is 10.3. The number of ether oxygens (including phenoxy) is 1. The summed E-state index contributed by atoms with van der Waals surface area (Å²) in [5.74, 6) is -1.30. The Balaban J connectivity index is 1.92. The average Bonchev–Trinajstić information content (AvgIpc) is 2.86. The third-order valence-electron chi connectivity index (χ3n) is 3.38. The highest BCUT2D eigenvalue weighted by Crippen LogP contribution is 2.25. The Labute approximate surface area is 150 Å². The number of nitrogens with one attached hydrogen (secondary N) is 2. The Hall–Kier alpha value is -3.03. The van der Waals surface area contributed by atoms with Gasteiger partial charge in [0.2, 0.25) is 0 Å². The zero-order valence-electron chi connectivity index (χ0n) is 15.1. The van der Waals surface area contributed by atoms with Gasteiger partial charge in [0.05, 0.1) is 12.7 Å². The van der Waals surface area contributed by atoms with E-state index in [1.165, 1.54) is 25.3 Å². The Morgan fingerprint density at radius 1 is 1.27 bits per heavy atom. The summed E-state index contributed by atoms with van der Waals surface area (Å²) in [6, 6.07) is 3.89. The third-order valence-corrected chi connectivity index (χ3v) is 3.38. The van der Waals surface area contributed by atoms with Crippen molar-refractivity contribution in [2.24, 2.45) is 0 Å². The van der Waals surface area contributed by atoms with E-state index in [0.717, 1.165) is 0 Å². The third kappa shape index (κ3) is 5.23. The van der Waals surface area contributed by atoms with Gasteiger partial charge in [-0.05, 0) is 39.8 Å². The largest absolute Gasteiger partial charge is 0.508 e. The fourth-order valence-corrected chi connectivity index (χ4v) is 2.24. The van der Waals surface area contributed by atoms with Crippen molar-refractivity contribution in [3.05, 3.63) is 30.0 Å². The Morgan fingerprint density at radius 3 is 2.62 bits per heavy atom. The molecule has 0 aliphatic heterocycles. The lowest BCUT2D eigenvalue weighted by molar-refractivity contribution is -0.153. The molecular weight excluding hydrogens is 340 g/mol. The van der Waals surface area contributed by atoms with Crippen molar-refractivity contribution < 1.29 is 28.6 Å². The summed E-state index contributed by atoms with van der Waals surface area (Å²) in [6.07, 6.45) is 0.159. The number of hydrogen-bond donors (Lipinski definition) is 3. The van der Waals surface area contributed by atoms with Gasteiger partial charge >= 0.3 is 12.0 Å². The van der Waals surface area contributed by atoms with Crippen molar-refractivity contribution in [2.75, 3.05) is 0 Å². The van der Waals surface area contributed by atoms with E-state index in [9.17, 15) is 19.5 Å². The fraction of sp³-hybridized carbons (Fsp3) is 0.389. The van der Waals surface area contributed by atoms with E-state index in [1.54, 1.807) is 26.8 Å². The number of aromatic hydroxyl groups is 1. The number of esters is 1. The number of benzene rings is 1. The first kappa shape index (κ1) is 19.3. The van der Waals surface area contributed by atoms with E-state index < -0.39 is 29.6 Å². The van der Waals surface area contributed by atoms with Crippen molar-refractivity contribution >= 4 is 28.9 Å². The number of amides is 3. The first-order valence-electron chi connectivity index (χ1n) is 8.07. The van der Waals surface area contributed by atoms with Gasteiger partial charge in [-0.25, -0.2) is 4.79 Å². The molecule has 0 saturated heterocycles. The van der Waals surface area contributed by atoms with Crippen LogP contribution in [0.4, 0.5) is 4.79 Å². The van der Waals surface area contributed by atoms with Crippen LogP contribution in [-0.4, -0.2) is 34.7 Å². The number of phenolic OH excluding ortho intramolecular Hbond substituents is 1. The molecule has 0 radical (unpaired) electrons. The quantitative estimate of drug-likeness (QED) is 0.718. The van der Waals surface area contributed by atoms with Crippen LogP contribution in [0.25, 0.3) is 11.0 Å². The molecule has 1 aromatic heterocycles. The van der Waals surface area contributed by atoms with E-state index >= 15 is 0 Å². The monoisotopic (exact) mass is 362 g/mol. The predicted molar refractivity (Wildman–Crippen MR) is 93.6 cm³/mol. The highest BCUT2D eigenvalue weighted by atomic mass is 16.5. The minimum atomic E-state index is -1.13. The molecule has 3 N–H and O–H groups in total. The van der Waals surface area contributed by atoms with Gasteiger partial charge in [0, 0.05) is 22.6 Å². The molecular formula is C18H22N2O6. The number of imide groups is 1. The number of fused-ring (bicyclic) bond motifs is 1. The molecule has 2 aromatic rings. The number of carbonyl (C=O) groups is 3. The summed E-state index contributed by atoms with van der Waals surface area (Å²) in [4.78, 5) is 35.7.